The summed E-state index contributed by atoms with van der Waals surface area (Å²) in [5, 5.41) is 0. The van der Waals surface area contributed by atoms with Gasteiger partial charge < -0.3 is 9.64 Å². The van der Waals surface area contributed by atoms with Crippen LogP contribution in [0.4, 0.5) is 10.1 Å². The minimum atomic E-state index is -3.54. The summed E-state index contributed by atoms with van der Waals surface area (Å²) in [6, 6.07) is 10.7. The Morgan fingerprint density at radius 3 is 2.61 bits per heavy atom. The Morgan fingerprint density at radius 1 is 1.25 bits per heavy atom. The number of hydrogen-bond acceptors (Lipinski definition) is 4. The molecule has 0 bridgehead atoms. The molecular formula is C20H23FN2O4S. The summed E-state index contributed by atoms with van der Waals surface area (Å²) in [7, 11) is -0.586. The van der Waals surface area contributed by atoms with E-state index in [-0.39, 0.29) is 16.6 Å². The average molecular weight is 406 g/mol. The summed E-state index contributed by atoms with van der Waals surface area (Å²) in [5.41, 5.74) is 1.45. The predicted octanol–water partition coefficient (Wildman–Crippen LogP) is 2.82. The number of halogens is 1. The molecule has 2 aromatic carbocycles. The third-order valence-electron chi connectivity index (χ3n) is 4.74. The summed E-state index contributed by atoms with van der Waals surface area (Å²) in [6.45, 7) is 2.23. The molecule has 0 saturated carbocycles. The van der Waals surface area contributed by atoms with E-state index in [1.807, 2.05) is 0 Å². The van der Waals surface area contributed by atoms with Crippen LogP contribution >= 0.6 is 0 Å². The van der Waals surface area contributed by atoms with Crippen LogP contribution in [-0.4, -0.2) is 45.4 Å². The Hall–Kier alpha value is -2.45. The number of ether oxygens (including phenoxy) is 1. The van der Waals surface area contributed by atoms with Crippen LogP contribution in [-0.2, 0) is 21.2 Å². The van der Waals surface area contributed by atoms with Gasteiger partial charge in [-0.15, -0.1) is 0 Å². The molecule has 1 atom stereocenters. The standard InChI is InChI=1S/C20H23FN2O4S/c1-4-18(27-19-8-6-5-7-16(19)21)20(24)23-12-11-14-13-15(9-10-17(14)23)28(25,26)22(2)3/h5-10,13,18H,4,11-12H2,1-3H3/t18-/m1/s1. The van der Waals surface area contributed by atoms with E-state index in [9.17, 15) is 17.6 Å². The second kappa shape index (κ2) is 7.89. The van der Waals surface area contributed by atoms with Crippen LogP contribution in [0.1, 0.15) is 18.9 Å². The van der Waals surface area contributed by atoms with Crippen LogP contribution in [0.25, 0.3) is 0 Å². The van der Waals surface area contributed by atoms with E-state index in [0.29, 0.717) is 25.1 Å². The van der Waals surface area contributed by atoms with Crippen molar-refractivity contribution in [2.45, 2.75) is 30.8 Å². The first-order chi connectivity index (χ1) is 13.3. The zero-order valence-corrected chi connectivity index (χ0v) is 16.9. The molecule has 0 N–H and O–H groups in total. The van der Waals surface area contributed by atoms with Crippen LogP contribution in [0.2, 0.25) is 0 Å². The SMILES string of the molecule is CC[C@@H](Oc1ccccc1F)C(=O)N1CCc2cc(S(=O)(=O)N(C)C)ccc21. The number of fused-ring (bicyclic) bond motifs is 1. The molecule has 8 heteroatoms. The lowest BCUT2D eigenvalue weighted by Gasteiger charge is -2.24. The van der Waals surface area contributed by atoms with E-state index in [1.165, 1.54) is 32.3 Å². The second-order valence-electron chi connectivity index (χ2n) is 6.76. The third kappa shape index (κ3) is 3.74. The van der Waals surface area contributed by atoms with Crippen molar-refractivity contribution in [3.63, 3.8) is 0 Å². The van der Waals surface area contributed by atoms with Gasteiger partial charge in [0.1, 0.15) is 0 Å². The summed E-state index contributed by atoms with van der Waals surface area (Å²) in [4.78, 5) is 14.8. The van der Waals surface area contributed by atoms with Gasteiger partial charge in [0.2, 0.25) is 10.0 Å². The lowest BCUT2D eigenvalue weighted by Crippen LogP contribution is -2.41. The maximum absolute atomic E-state index is 13.9. The largest absolute Gasteiger partial charge is 0.478 e. The third-order valence-corrected chi connectivity index (χ3v) is 6.55. The molecule has 0 aromatic heterocycles. The van der Waals surface area contributed by atoms with Gasteiger partial charge in [0.15, 0.2) is 17.7 Å². The van der Waals surface area contributed by atoms with Crippen LogP contribution in [0.5, 0.6) is 5.75 Å². The fourth-order valence-electron chi connectivity index (χ4n) is 3.15. The Balaban J connectivity index is 1.84. The Labute approximate surface area is 164 Å². The van der Waals surface area contributed by atoms with Crippen LogP contribution in [0.15, 0.2) is 47.4 Å². The van der Waals surface area contributed by atoms with Crippen LogP contribution < -0.4 is 9.64 Å². The van der Waals surface area contributed by atoms with Crippen molar-refractivity contribution in [1.29, 1.82) is 0 Å². The maximum atomic E-state index is 13.9. The van der Waals surface area contributed by atoms with Crippen LogP contribution in [0.3, 0.4) is 0 Å². The van der Waals surface area contributed by atoms with E-state index in [2.05, 4.69) is 0 Å². The van der Waals surface area contributed by atoms with E-state index in [0.717, 1.165) is 9.87 Å². The smallest absolute Gasteiger partial charge is 0.268 e. The maximum Gasteiger partial charge on any atom is 0.268 e. The molecule has 1 aliphatic rings. The number of amides is 1. The first-order valence-corrected chi connectivity index (χ1v) is 10.5. The van der Waals surface area contributed by atoms with Gasteiger partial charge in [0.05, 0.1) is 4.90 Å². The molecule has 0 aliphatic carbocycles. The minimum absolute atomic E-state index is 0.0366. The summed E-state index contributed by atoms with van der Waals surface area (Å²) in [6.07, 6.45) is 0.105. The van der Waals surface area contributed by atoms with Gasteiger partial charge in [-0.2, -0.15) is 0 Å². The fourth-order valence-corrected chi connectivity index (χ4v) is 4.11. The van der Waals surface area contributed by atoms with Gasteiger partial charge in [-0.1, -0.05) is 19.1 Å². The number of hydrogen-bond donors (Lipinski definition) is 0. The molecule has 0 radical (unpaired) electrons. The highest BCUT2D eigenvalue weighted by Gasteiger charge is 2.32. The molecule has 0 spiro atoms. The van der Waals surface area contributed by atoms with Gasteiger partial charge in [0, 0.05) is 26.3 Å². The van der Waals surface area contributed by atoms with E-state index < -0.39 is 21.9 Å². The molecular weight excluding hydrogens is 383 g/mol. The number of rotatable bonds is 6. The molecule has 0 saturated heterocycles. The molecule has 1 aliphatic heterocycles. The molecule has 6 nitrogen and oxygen atoms in total. The molecule has 1 amide bonds. The van der Waals surface area contributed by atoms with Gasteiger partial charge in [0.25, 0.3) is 5.91 Å². The molecule has 1 heterocycles. The normalized spacial score (nSPS) is 14.8. The van der Waals surface area contributed by atoms with Crippen molar-refractivity contribution in [1.82, 2.24) is 4.31 Å². The number of sulfonamides is 1. The highest BCUT2D eigenvalue weighted by molar-refractivity contribution is 7.89. The summed E-state index contributed by atoms with van der Waals surface area (Å²) in [5.74, 6) is -0.753. The fraction of sp³-hybridized carbons (Fsp3) is 0.350. The number of anilines is 1. The minimum Gasteiger partial charge on any atom is -0.478 e. The van der Waals surface area contributed by atoms with Crippen molar-refractivity contribution in [3.05, 3.63) is 53.8 Å². The van der Waals surface area contributed by atoms with Crippen molar-refractivity contribution < 1.29 is 22.3 Å². The zero-order valence-electron chi connectivity index (χ0n) is 16.1. The number of carbonyl (C=O) groups is 1. The van der Waals surface area contributed by atoms with E-state index in [4.69, 9.17) is 4.74 Å². The monoisotopic (exact) mass is 406 g/mol. The van der Waals surface area contributed by atoms with E-state index >= 15 is 0 Å². The zero-order chi connectivity index (χ0) is 20.5. The van der Waals surface area contributed by atoms with E-state index in [1.54, 1.807) is 36.1 Å². The van der Waals surface area contributed by atoms with Gasteiger partial charge in [-0.05, 0) is 48.7 Å². The molecule has 3 rings (SSSR count). The van der Waals surface area contributed by atoms with Crippen molar-refractivity contribution in [2.24, 2.45) is 0 Å². The number of benzene rings is 2. The summed E-state index contributed by atoms with van der Waals surface area (Å²) < 4.78 is 45.3. The predicted molar refractivity (Wildman–Crippen MR) is 104 cm³/mol. The highest BCUT2D eigenvalue weighted by Crippen LogP contribution is 2.32. The van der Waals surface area contributed by atoms with Gasteiger partial charge in [-0.3, -0.25) is 4.79 Å². The van der Waals surface area contributed by atoms with Crippen molar-refractivity contribution >= 4 is 21.6 Å². The first-order valence-electron chi connectivity index (χ1n) is 9.03. The quantitative estimate of drug-likeness (QED) is 0.740. The molecule has 28 heavy (non-hydrogen) atoms. The highest BCUT2D eigenvalue weighted by atomic mass is 32.2. The summed E-state index contributed by atoms with van der Waals surface area (Å²) >= 11 is 0. The van der Waals surface area contributed by atoms with Gasteiger partial charge in [-0.25, -0.2) is 17.1 Å². The van der Waals surface area contributed by atoms with Crippen molar-refractivity contribution in [3.8, 4) is 5.75 Å². The van der Waals surface area contributed by atoms with Crippen molar-refractivity contribution in [2.75, 3.05) is 25.5 Å². The second-order valence-corrected chi connectivity index (χ2v) is 8.91. The molecule has 0 unspecified atom stereocenters. The average Bonchev–Trinajstić information content (AvgIpc) is 3.10. The first kappa shape index (κ1) is 20.3. The number of para-hydroxylation sites is 1. The lowest BCUT2D eigenvalue weighted by molar-refractivity contribution is -0.125. The number of nitrogens with zero attached hydrogens (tertiary/aromatic N) is 2. The van der Waals surface area contributed by atoms with Gasteiger partial charge >= 0.3 is 0 Å². The Bertz CT molecular complexity index is 991. The molecule has 150 valence electrons. The lowest BCUT2D eigenvalue weighted by atomic mass is 10.1. The Morgan fingerprint density at radius 2 is 1.96 bits per heavy atom. The Kier molecular flexibility index (Phi) is 5.71. The molecule has 2 aromatic rings. The molecule has 0 fully saturated rings. The number of carbonyl (C=O) groups excluding carboxylic acids is 1. The van der Waals surface area contributed by atoms with Crippen LogP contribution in [0, 0.1) is 5.82 Å². The topological polar surface area (TPSA) is 66.9 Å².